The molecule has 1 N–H and O–H groups in total. The zero-order valence-corrected chi connectivity index (χ0v) is 3.10. The van der Waals surface area contributed by atoms with Crippen LogP contribution in [-0.2, 0) is 0 Å². The molecule has 0 spiro atoms. The molecule has 0 bridgehead atoms. The first kappa shape index (κ1) is 4.34. The molecular weight excluding hydrogens is 64.0 g/mol. The molecule has 0 aliphatic carbocycles. The summed E-state index contributed by atoms with van der Waals surface area (Å²) < 4.78 is 0. The molecule has 0 saturated carbocycles. The molecule has 0 aromatic carbocycles. The molecule has 0 atom stereocenters. The maximum Gasteiger partial charge on any atom is 0.0446 e. The third-order valence-corrected chi connectivity index (χ3v) is 0.224. The molecule has 0 radical (unpaired) electrons. The minimum absolute atomic E-state index is 1.42. The van der Waals surface area contributed by atoms with Crippen molar-refractivity contribution < 1.29 is 0 Å². The van der Waals surface area contributed by atoms with Crippen LogP contribution in [0.3, 0.4) is 0 Å². The first-order valence-corrected chi connectivity index (χ1v) is 1.39. The van der Waals surface area contributed by atoms with Gasteiger partial charge >= 0.3 is 0 Å². The highest BCUT2D eigenvalue weighted by atomic mass is 14.9. The molecule has 0 aromatic rings. The van der Waals surface area contributed by atoms with E-state index in [9.17, 15) is 0 Å². The average Bonchev–Trinajstić information content (AvgIpc) is 1.41. The van der Waals surface area contributed by atoms with E-state index in [1.807, 2.05) is 6.92 Å². The Morgan fingerprint density at radius 1 is 1.80 bits per heavy atom. The number of nitrogens with zero attached hydrogens (tertiary/aromatic N) is 1. The second kappa shape index (κ2) is 3.34. The molecule has 0 fully saturated rings. The van der Waals surface area contributed by atoms with Crippen molar-refractivity contribution in [3.8, 4) is 0 Å². The molecule has 2 nitrogen and oxygen atoms in total. The number of rotatable bonds is 1. The van der Waals surface area contributed by atoms with Crippen molar-refractivity contribution in [1.29, 1.82) is 5.53 Å². The lowest BCUT2D eigenvalue weighted by Crippen LogP contribution is -1.33. The third-order valence-electron chi connectivity index (χ3n) is 0.224. The van der Waals surface area contributed by atoms with Crippen molar-refractivity contribution >= 4 is 0 Å². The van der Waals surface area contributed by atoms with Gasteiger partial charge in [-0.05, 0) is 6.92 Å². The zero-order chi connectivity index (χ0) is 4.12. The van der Waals surface area contributed by atoms with Crippen molar-refractivity contribution in [3.05, 3.63) is 12.3 Å². The minimum atomic E-state index is 1.42. The van der Waals surface area contributed by atoms with Gasteiger partial charge < -0.3 is 0 Å². The molecule has 0 unspecified atom stereocenters. The lowest BCUT2D eigenvalue weighted by molar-refractivity contribution is 1.14. The Morgan fingerprint density at radius 2 is 2.40 bits per heavy atom. The van der Waals surface area contributed by atoms with Gasteiger partial charge in [0.25, 0.3) is 0 Å². The normalized spacial score (nSPS) is 9.00. The van der Waals surface area contributed by atoms with Crippen molar-refractivity contribution in [2.24, 2.45) is 5.11 Å². The van der Waals surface area contributed by atoms with Crippen LogP contribution in [-0.4, -0.2) is 0 Å². The van der Waals surface area contributed by atoms with Crippen molar-refractivity contribution in [2.45, 2.75) is 6.92 Å². The summed E-state index contributed by atoms with van der Waals surface area (Å²) in [6.07, 6.45) is 3.12. The Kier molecular flexibility index (Phi) is 2.90. The van der Waals surface area contributed by atoms with Crippen LogP contribution in [0.25, 0.3) is 0 Å². The predicted molar refractivity (Wildman–Crippen MR) is 20.0 cm³/mol. The summed E-state index contributed by atoms with van der Waals surface area (Å²) in [5.41, 5.74) is 6.14. The van der Waals surface area contributed by atoms with Crippen molar-refractivity contribution in [2.75, 3.05) is 0 Å². The summed E-state index contributed by atoms with van der Waals surface area (Å²) in [6, 6.07) is 0. The third kappa shape index (κ3) is 3.34. The molecule has 0 aliphatic rings. The molecule has 28 valence electrons. The van der Waals surface area contributed by atoms with Gasteiger partial charge in [0.1, 0.15) is 0 Å². The Hall–Kier alpha value is -0.660. The van der Waals surface area contributed by atoms with Gasteiger partial charge in [-0.3, -0.25) is 0 Å². The van der Waals surface area contributed by atoms with Crippen LogP contribution in [0.15, 0.2) is 17.4 Å². The quantitative estimate of drug-likeness (QED) is 0.454. The minimum Gasteiger partial charge on any atom is -0.205 e. The molecule has 2 heteroatoms. The Morgan fingerprint density at radius 3 is 2.40 bits per heavy atom. The maximum absolute atomic E-state index is 6.14. The fourth-order valence-electron chi connectivity index (χ4n) is 0.0745. The van der Waals surface area contributed by atoms with E-state index >= 15 is 0 Å². The summed E-state index contributed by atoms with van der Waals surface area (Å²) in [7, 11) is 0. The van der Waals surface area contributed by atoms with E-state index in [1.165, 1.54) is 6.20 Å². The summed E-state index contributed by atoms with van der Waals surface area (Å²) >= 11 is 0. The van der Waals surface area contributed by atoms with Crippen LogP contribution in [0, 0.1) is 5.53 Å². The van der Waals surface area contributed by atoms with Gasteiger partial charge in [-0.15, -0.1) is 0 Å². The largest absolute Gasteiger partial charge is 0.205 e. The maximum atomic E-state index is 6.14. The van der Waals surface area contributed by atoms with E-state index in [4.69, 9.17) is 5.53 Å². The van der Waals surface area contributed by atoms with Gasteiger partial charge in [0.05, 0.1) is 0 Å². The van der Waals surface area contributed by atoms with Gasteiger partial charge in [-0.1, -0.05) is 6.08 Å². The fourth-order valence-corrected chi connectivity index (χ4v) is 0.0745. The first-order chi connectivity index (χ1) is 2.41. The summed E-state index contributed by atoms with van der Waals surface area (Å²) in [5.74, 6) is 0. The Labute approximate surface area is 31.0 Å². The van der Waals surface area contributed by atoms with E-state index < -0.39 is 0 Å². The SMILES string of the molecule is C/C=C\N=N. The Balaban J connectivity index is 2.92. The highest BCUT2D eigenvalue weighted by molar-refractivity contribution is 4.69. The molecule has 0 rings (SSSR count). The first-order valence-electron chi connectivity index (χ1n) is 1.39. The van der Waals surface area contributed by atoms with Crippen LogP contribution in [0.4, 0.5) is 0 Å². The number of hydrogen-bond donors (Lipinski definition) is 1. The summed E-state index contributed by atoms with van der Waals surface area (Å²) in [5, 5.41) is 2.92. The molecule has 0 heterocycles. The van der Waals surface area contributed by atoms with Crippen molar-refractivity contribution in [3.63, 3.8) is 0 Å². The average molecular weight is 70.1 g/mol. The van der Waals surface area contributed by atoms with Gasteiger partial charge in [0.2, 0.25) is 0 Å². The molecule has 5 heavy (non-hydrogen) atoms. The fraction of sp³-hybridized carbons (Fsp3) is 0.333. The van der Waals surface area contributed by atoms with Crippen LogP contribution in [0.5, 0.6) is 0 Å². The van der Waals surface area contributed by atoms with E-state index in [2.05, 4.69) is 5.11 Å². The molecule has 0 aromatic heterocycles. The molecule has 0 aliphatic heterocycles. The predicted octanol–water partition coefficient (Wildman–Crippen LogP) is 1.55. The van der Waals surface area contributed by atoms with Crippen molar-refractivity contribution in [1.82, 2.24) is 0 Å². The monoisotopic (exact) mass is 70.1 g/mol. The van der Waals surface area contributed by atoms with Crippen LogP contribution >= 0.6 is 0 Å². The number of hydrogen-bond acceptors (Lipinski definition) is 2. The Bertz CT molecular complexity index is 46.9. The lowest BCUT2D eigenvalue weighted by atomic mass is 10.7. The zero-order valence-electron chi connectivity index (χ0n) is 3.10. The number of nitrogens with one attached hydrogen (secondary N) is 1. The second-order valence-corrected chi connectivity index (χ2v) is 0.612. The van der Waals surface area contributed by atoms with E-state index in [1.54, 1.807) is 6.08 Å². The van der Waals surface area contributed by atoms with E-state index in [0.717, 1.165) is 0 Å². The van der Waals surface area contributed by atoms with E-state index in [-0.39, 0.29) is 0 Å². The van der Waals surface area contributed by atoms with Gasteiger partial charge in [0.15, 0.2) is 0 Å². The second-order valence-electron chi connectivity index (χ2n) is 0.612. The van der Waals surface area contributed by atoms with E-state index in [0.29, 0.717) is 0 Å². The highest BCUT2D eigenvalue weighted by Crippen LogP contribution is 1.64. The smallest absolute Gasteiger partial charge is 0.0446 e. The van der Waals surface area contributed by atoms with Gasteiger partial charge in [-0.25, -0.2) is 5.53 Å². The standard InChI is InChI=1S/C3H6N2/c1-2-3-5-4/h2-4H,1H3/b3-2-,5-4?. The molecule has 0 saturated heterocycles. The van der Waals surface area contributed by atoms with Gasteiger partial charge in [0, 0.05) is 6.20 Å². The highest BCUT2D eigenvalue weighted by Gasteiger charge is 1.43. The summed E-state index contributed by atoms with van der Waals surface area (Å²) in [6.45, 7) is 1.82. The van der Waals surface area contributed by atoms with Gasteiger partial charge in [-0.2, -0.15) is 5.11 Å². The lowest BCUT2D eigenvalue weighted by Gasteiger charge is -1.55. The van der Waals surface area contributed by atoms with Crippen LogP contribution in [0.1, 0.15) is 6.92 Å². The molecule has 0 amide bonds. The molecular formula is C3H6N2. The van der Waals surface area contributed by atoms with Crippen LogP contribution in [0.2, 0.25) is 0 Å². The summed E-state index contributed by atoms with van der Waals surface area (Å²) in [4.78, 5) is 0. The van der Waals surface area contributed by atoms with Crippen LogP contribution < -0.4 is 0 Å². The topological polar surface area (TPSA) is 36.2 Å². The number of allylic oxidation sites excluding steroid dienone is 1.